The van der Waals surface area contributed by atoms with Crippen molar-refractivity contribution in [2.45, 2.75) is 19.4 Å². The summed E-state index contributed by atoms with van der Waals surface area (Å²) in [5.74, 6) is -0.268. The summed E-state index contributed by atoms with van der Waals surface area (Å²) in [6, 6.07) is 5.96. The van der Waals surface area contributed by atoms with Crippen LogP contribution in [0.25, 0.3) is 0 Å². The molecule has 0 radical (unpaired) electrons. The van der Waals surface area contributed by atoms with E-state index in [1.165, 1.54) is 9.80 Å². The van der Waals surface area contributed by atoms with Crippen molar-refractivity contribution in [2.24, 2.45) is 0 Å². The Morgan fingerprint density at radius 2 is 2.13 bits per heavy atom. The number of hydrogen-bond acceptors (Lipinski definition) is 3. The zero-order valence-corrected chi connectivity index (χ0v) is 13.6. The molecule has 23 heavy (non-hydrogen) atoms. The molecular weight excluding hydrogens is 296 g/mol. The summed E-state index contributed by atoms with van der Waals surface area (Å²) < 4.78 is 0. The number of urea groups is 1. The number of amides is 4. The minimum atomic E-state index is -0.463. The topological polar surface area (TPSA) is 81.8 Å². The summed E-state index contributed by atoms with van der Waals surface area (Å²) in [6.07, 6.45) is 0.554. The SMILES string of the molecule is CC[C@H]1C(=O)NCCN1C(=O)Nc1cccc(C(=O)N(C)C)c1. The maximum absolute atomic E-state index is 12.4. The predicted molar refractivity (Wildman–Crippen MR) is 87.3 cm³/mol. The molecule has 2 rings (SSSR count). The van der Waals surface area contributed by atoms with Crippen molar-refractivity contribution in [1.29, 1.82) is 0 Å². The Hall–Kier alpha value is -2.57. The van der Waals surface area contributed by atoms with Crippen molar-refractivity contribution in [3.05, 3.63) is 29.8 Å². The smallest absolute Gasteiger partial charge is 0.322 e. The number of benzene rings is 1. The average Bonchev–Trinajstić information content (AvgIpc) is 2.53. The van der Waals surface area contributed by atoms with Gasteiger partial charge >= 0.3 is 6.03 Å². The molecule has 0 aromatic heterocycles. The third-order valence-corrected chi connectivity index (χ3v) is 3.75. The number of nitrogens with one attached hydrogen (secondary N) is 2. The molecule has 1 aromatic carbocycles. The van der Waals surface area contributed by atoms with Crippen molar-refractivity contribution >= 4 is 23.5 Å². The molecule has 1 aliphatic rings. The lowest BCUT2D eigenvalue weighted by atomic mass is 10.1. The number of piperazine rings is 1. The lowest BCUT2D eigenvalue weighted by Gasteiger charge is -2.34. The molecule has 7 heteroatoms. The van der Waals surface area contributed by atoms with Crippen LogP contribution in [0.15, 0.2) is 24.3 Å². The lowest BCUT2D eigenvalue weighted by Crippen LogP contribution is -2.57. The summed E-state index contributed by atoms with van der Waals surface area (Å²) in [6.45, 7) is 2.78. The fraction of sp³-hybridized carbons (Fsp3) is 0.438. The van der Waals surface area contributed by atoms with Gasteiger partial charge in [-0.25, -0.2) is 4.79 Å². The summed E-state index contributed by atoms with van der Waals surface area (Å²) >= 11 is 0. The predicted octanol–water partition coefficient (Wildman–Crippen LogP) is 1.13. The first-order valence-electron chi connectivity index (χ1n) is 7.61. The third-order valence-electron chi connectivity index (χ3n) is 3.75. The minimum absolute atomic E-state index is 0.134. The summed E-state index contributed by atoms with van der Waals surface area (Å²) in [5, 5.41) is 5.52. The van der Waals surface area contributed by atoms with Crippen LogP contribution < -0.4 is 10.6 Å². The zero-order valence-electron chi connectivity index (χ0n) is 13.6. The van der Waals surface area contributed by atoms with Gasteiger partial charge in [-0.1, -0.05) is 13.0 Å². The largest absolute Gasteiger partial charge is 0.353 e. The number of rotatable bonds is 3. The molecular formula is C16H22N4O3. The second kappa shape index (κ2) is 7.13. The van der Waals surface area contributed by atoms with Gasteiger partial charge in [0.1, 0.15) is 6.04 Å². The van der Waals surface area contributed by atoms with Gasteiger partial charge in [0.2, 0.25) is 5.91 Å². The molecule has 1 aliphatic heterocycles. The third kappa shape index (κ3) is 3.80. The van der Waals surface area contributed by atoms with Gasteiger partial charge in [-0.05, 0) is 24.6 Å². The van der Waals surface area contributed by atoms with Crippen LogP contribution in [0.2, 0.25) is 0 Å². The van der Waals surface area contributed by atoms with Crippen LogP contribution in [0.5, 0.6) is 0 Å². The number of hydrogen-bond donors (Lipinski definition) is 2. The highest BCUT2D eigenvalue weighted by Gasteiger charge is 2.31. The van der Waals surface area contributed by atoms with Crippen LogP contribution in [-0.2, 0) is 4.79 Å². The van der Waals surface area contributed by atoms with Crippen LogP contribution in [0.3, 0.4) is 0 Å². The van der Waals surface area contributed by atoms with E-state index in [0.29, 0.717) is 30.8 Å². The van der Waals surface area contributed by atoms with Crippen LogP contribution in [-0.4, -0.2) is 60.9 Å². The van der Waals surface area contributed by atoms with E-state index < -0.39 is 6.04 Å². The van der Waals surface area contributed by atoms with E-state index in [1.807, 2.05) is 6.92 Å². The van der Waals surface area contributed by atoms with Gasteiger partial charge in [-0.15, -0.1) is 0 Å². The molecule has 2 N–H and O–H groups in total. The molecule has 0 spiro atoms. The first kappa shape index (κ1) is 16.8. The monoisotopic (exact) mass is 318 g/mol. The van der Waals surface area contributed by atoms with E-state index in [1.54, 1.807) is 38.4 Å². The van der Waals surface area contributed by atoms with Crippen LogP contribution in [0, 0.1) is 0 Å². The van der Waals surface area contributed by atoms with Gasteiger partial charge < -0.3 is 20.4 Å². The first-order valence-corrected chi connectivity index (χ1v) is 7.61. The van der Waals surface area contributed by atoms with Gasteiger partial charge in [-0.2, -0.15) is 0 Å². The standard InChI is InChI=1S/C16H22N4O3/c1-4-13-14(21)17-8-9-20(13)16(23)18-12-7-5-6-11(10-12)15(22)19(2)3/h5-7,10,13H,4,8-9H2,1-3H3,(H,17,21)(H,18,23)/t13-/m0/s1. The van der Waals surface area contributed by atoms with E-state index in [-0.39, 0.29) is 17.8 Å². The highest BCUT2D eigenvalue weighted by atomic mass is 16.2. The second-order valence-corrected chi connectivity index (χ2v) is 5.62. The minimum Gasteiger partial charge on any atom is -0.353 e. The molecule has 0 bridgehead atoms. The lowest BCUT2D eigenvalue weighted by molar-refractivity contribution is -0.127. The Morgan fingerprint density at radius 1 is 1.39 bits per heavy atom. The van der Waals surface area contributed by atoms with Crippen molar-refractivity contribution in [3.63, 3.8) is 0 Å². The van der Waals surface area contributed by atoms with E-state index >= 15 is 0 Å². The second-order valence-electron chi connectivity index (χ2n) is 5.62. The Kier molecular flexibility index (Phi) is 5.20. The van der Waals surface area contributed by atoms with E-state index in [4.69, 9.17) is 0 Å². The zero-order chi connectivity index (χ0) is 17.0. The van der Waals surface area contributed by atoms with Gasteiger partial charge in [0.05, 0.1) is 0 Å². The molecule has 1 saturated heterocycles. The normalized spacial score (nSPS) is 17.4. The number of nitrogens with zero attached hydrogens (tertiary/aromatic N) is 2. The van der Waals surface area contributed by atoms with Gasteiger partial charge in [-0.3, -0.25) is 9.59 Å². The van der Waals surface area contributed by atoms with Gasteiger partial charge in [0.15, 0.2) is 0 Å². The molecule has 1 fully saturated rings. The van der Waals surface area contributed by atoms with Crippen LogP contribution >= 0.6 is 0 Å². The number of carbonyl (C=O) groups excluding carboxylic acids is 3. The molecule has 124 valence electrons. The quantitative estimate of drug-likeness (QED) is 0.876. The molecule has 0 aliphatic carbocycles. The number of carbonyl (C=O) groups is 3. The first-order chi connectivity index (χ1) is 10.9. The van der Waals surface area contributed by atoms with Gasteiger partial charge in [0.25, 0.3) is 5.91 Å². The Morgan fingerprint density at radius 3 is 2.78 bits per heavy atom. The van der Waals surface area contributed by atoms with E-state index in [9.17, 15) is 14.4 Å². The molecule has 1 aromatic rings. The van der Waals surface area contributed by atoms with Crippen molar-refractivity contribution in [2.75, 3.05) is 32.5 Å². The summed E-state index contributed by atoms with van der Waals surface area (Å²) in [7, 11) is 3.34. The van der Waals surface area contributed by atoms with Crippen molar-refractivity contribution < 1.29 is 14.4 Å². The molecule has 7 nitrogen and oxygen atoms in total. The average molecular weight is 318 g/mol. The highest BCUT2D eigenvalue weighted by molar-refractivity contribution is 5.98. The van der Waals surface area contributed by atoms with E-state index in [0.717, 1.165) is 0 Å². The van der Waals surface area contributed by atoms with Crippen LogP contribution in [0.1, 0.15) is 23.7 Å². The maximum atomic E-state index is 12.4. The van der Waals surface area contributed by atoms with Gasteiger partial charge in [0, 0.05) is 38.4 Å². The molecule has 0 saturated carbocycles. The Bertz CT molecular complexity index is 615. The molecule has 1 heterocycles. The number of anilines is 1. The van der Waals surface area contributed by atoms with Crippen LogP contribution in [0.4, 0.5) is 10.5 Å². The molecule has 0 unspecified atom stereocenters. The fourth-order valence-electron chi connectivity index (χ4n) is 2.55. The maximum Gasteiger partial charge on any atom is 0.322 e. The summed E-state index contributed by atoms with van der Waals surface area (Å²) in [5.41, 5.74) is 1.03. The Balaban J connectivity index is 2.12. The summed E-state index contributed by atoms with van der Waals surface area (Å²) in [4.78, 5) is 39.2. The highest BCUT2D eigenvalue weighted by Crippen LogP contribution is 2.15. The fourth-order valence-corrected chi connectivity index (χ4v) is 2.55. The van der Waals surface area contributed by atoms with Crippen molar-refractivity contribution in [3.8, 4) is 0 Å². The molecule has 1 atom stereocenters. The van der Waals surface area contributed by atoms with Crippen molar-refractivity contribution in [1.82, 2.24) is 15.1 Å². The Labute approximate surface area is 135 Å². The molecule has 4 amide bonds. The van der Waals surface area contributed by atoms with E-state index in [2.05, 4.69) is 10.6 Å².